The fourth-order valence-electron chi connectivity index (χ4n) is 1.17. The van der Waals surface area contributed by atoms with Crippen molar-refractivity contribution in [3.63, 3.8) is 0 Å². The van der Waals surface area contributed by atoms with E-state index in [0.29, 0.717) is 18.5 Å². The van der Waals surface area contributed by atoms with Crippen molar-refractivity contribution < 1.29 is 4.74 Å². The van der Waals surface area contributed by atoms with E-state index in [9.17, 15) is 0 Å². The Kier molecular flexibility index (Phi) is 4.49. The zero-order valence-corrected chi connectivity index (χ0v) is 9.87. The fraction of sp³-hybridized carbons (Fsp3) is 0.636. The first-order chi connectivity index (χ1) is 7.13. The van der Waals surface area contributed by atoms with E-state index < -0.39 is 0 Å². The molecule has 1 aromatic rings. The lowest BCUT2D eigenvalue weighted by molar-refractivity contribution is 0.291. The maximum atomic E-state index is 5.43. The van der Waals surface area contributed by atoms with Gasteiger partial charge in [-0.05, 0) is 26.0 Å². The summed E-state index contributed by atoms with van der Waals surface area (Å²) in [5.41, 5.74) is 1.98. The van der Waals surface area contributed by atoms with E-state index in [2.05, 4.69) is 29.1 Å². The largest absolute Gasteiger partial charge is 0.462 e. The first kappa shape index (κ1) is 11.9. The monoisotopic (exact) mass is 209 g/mol. The minimum absolute atomic E-state index is 0.401. The summed E-state index contributed by atoms with van der Waals surface area (Å²) < 4.78 is 5.43. The quantitative estimate of drug-likeness (QED) is 0.747. The van der Waals surface area contributed by atoms with Crippen LogP contribution in [0.5, 0.6) is 6.01 Å². The van der Waals surface area contributed by atoms with Gasteiger partial charge in [0, 0.05) is 12.2 Å². The fourth-order valence-corrected chi connectivity index (χ4v) is 1.17. The summed E-state index contributed by atoms with van der Waals surface area (Å²) in [7, 11) is 1.89. The van der Waals surface area contributed by atoms with Gasteiger partial charge in [0.25, 0.3) is 0 Å². The SMILES string of the molecule is CNCCOc1nc(C)cc(C(C)C)n1. The van der Waals surface area contributed by atoms with Crippen LogP contribution in [0.15, 0.2) is 6.07 Å². The van der Waals surface area contributed by atoms with Gasteiger partial charge in [0.05, 0.1) is 5.69 Å². The van der Waals surface area contributed by atoms with Crippen LogP contribution in [0.2, 0.25) is 0 Å². The molecule has 1 rings (SSSR count). The Morgan fingerprint density at radius 1 is 1.40 bits per heavy atom. The van der Waals surface area contributed by atoms with Crippen molar-refractivity contribution in [2.24, 2.45) is 0 Å². The third-order valence-corrected chi connectivity index (χ3v) is 2.03. The van der Waals surface area contributed by atoms with Crippen LogP contribution in [0, 0.1) is 6.92 Å². The van der Waals surface area contributed by atoms with Gasteiger partial charge < -0.3 is 10.1 Å². The zero-order valence-electron chi connectivity index (χ0n) is 9.87. The highest BCUT2D eigenvalue weighted by Crippen LogP contribution is 2.15. The van der Waals surface area contributed by atoms with Crippen molar-refractivity contribution in [2.75, 3.05) is 20.2 Å². The molecule has 0 aliphatic carbocycles. The zero-order chi connectivity index (χ0) is 11.3. The summed E-state index contributed by atoms with van der Waals surface area (Å²) in [6, 6.07) is 2.48. The Morgan fingerprint density at radius 3 is 2.73 bits per heavy atom. The van der Waals surface area contributed by atoms with Crippen LogP contribution in [-0.2, 0) is 0 Å². The second-order valence-corrected chi connectivity index (χ2v) is 3.82. The lowest BCUT2D eigenvalue weighted by Crippen LogP contribution is -2.17. The standard InChI is InChI=1S/C11H19N3O/c1-8(2)10-7-9(3)13-11(14-10)15-6-5-12-4/h7-8,12H,5-6H2,1-4H3. The molecule has 0 saturated heterocycles. The van der Waals surface area contributed by atoms with E-state index >= 15 is 0 Å². The molecule has 0 bridgehead atoms. The van der Waals surface area contributed by atoms with E-state index in [-0.39, 0.29) is 0 Å². The number of nitrogens with zero attached hydrogens (tertiary/aromatic N) is 2. The molecule has 0 aliphatic heterocycles. The predicted octanol–water partition coefficient (Wildman–Crippen LogP) is 1.51. The number of rotatable bonds is 5. The van der Waals surface area contributed by atoms with Crippen molar-refractivity contribution in [2.45, 2.75) is 26.7 Å². The van der Waals surface area contributed by atoms with Gasteiger partial charge in [-0.15, -0.1) is 0 Å². The Labute approximate surface area is 91.1 Å². The van der Waals surface area contributed by atoms with Crippen LogP contribution in [-0.4, -0.2) is 30.2 Å². The molecule has 0 fully saturated rings. The van der Waals surface area contributed by atoms with Crippen molar-refractivity contribution in [1.82, 2.24) is 15.3 Å². The maximum absolute atomic E-state index is 5.43. The van der Waals surface area contributed by atoms with Gasteiger partial charge in [-0.25, -0.2) is 4.98 Å². The molecule has 0 aliphatic rings. The smallest absolute Gasteiger partial charge is 0.316 e. The molecule has 15 heavy (non-hydrogen) atoms. The molecule has 0 unspecified atom stereocenters. The van der Waals surface area contributed by atoms with Crippen LogP contribution in [0.25, 0.3) is 0 Å². The summed E-state index contributed by atoms with van der Waals surface area (Å²) in [5.74, 6) is 0.401. The molecular weight excluding hydrogens is 190 g/mol. The van der Waals surface area contributed by atoms with E-state index in [1.807, 2.05) is 20.0 Å². The lowest BCUT2D eigenvalue weighted by Gasteiger charge is -2.09. The lowest BCUT2D eigenvalue weighted by atomic mass is 10.1. The molecule has 0 amide bonds. The van der Waals surface area contributed by atoms with Crippen LogP contribution >= 0.6 is 0 Å². The first-order valence-corrected chi connectivity index (χ1v) is 5.26. The van der Waals surface area contributed by atoms with E-state index in [4.69, 9.17) is 4.74 Å². The van der Waals surface area contributed by atoms with E-state index in [0.717, 1.165) is 17.9 Å². The minimum atomic E-state index is 0.401. The van der Waals surface area contributed by atoms with Crippen molar-refractivity contribution in [3.05, 3.63) is 17.5 Å². The summed E-state index contributed by atoms with van der Waals surface area (Å²) >= 11 is 0. The van der Waals surface area contributed by atoms with Gasteiger partial charge in [0.15, 0.2) is 0 Å². The van der Waals surface area contributed by atoms with Crippen LogP contribution < -0.4 is 10.1 Å². The number of hydrogen-bond acceptors (Lipinski definition) is 4. The Balaban J connectivity index is 2.71. The second-order valence-electron chi connectivity index (χ2n) is 3.82. The molecule has 0 saturated carbocycles. The average Bonchev–Trinajstić information content (AvgIpc) is 2.17. The van der Waals surface area contributed by atoms with Crippen molar-refractivity contribution in [3.8, 4) is 6.01 Å². The van der Waals surface area contributed by atoms with Crippen molar-refractivity contribution in [1.29, 1.82) is 0 Å². The van der Waals surface area contributed by atoms with Crippen LogP contribution in [0.4, 0.5) is 0 Å². The number of nitrogens with one attached hydrogen (secondary N) is 1. The highest BCUT2D eigenvalue weighted by molar-refractivity contribution is 5.15. The highest BCUT2D eigenvalue weighted by atomic mass is 16.5. The third-order valence-electron chi connectivity index (χ3n) is 2.03. The normalized spacial score (nSPS) is 10.7. The van der Waals surface area contributed by atoms with Crippen molar-refractivity contribution >= 4 is 0 Å². The Bertz CT molecular complexity index is 313. The molecule has 84 valence electrons. The molecule has 0 aromatic carbocycles. The number of ether oxygens (including phenoxy) is 1. The predicted molar refractivity (Wildman–Crippen MR) is 60.3 cm³/mol. The maximum Gasteiger partial charge on any atom is 0.316 e. The number of aromatic nitrogens is 2. The topological polar surface area (TPSA) is 47.0 Å². The molecule has 0 spiro atoms. The molecule has 4 nitrogen and oxygen atoms in total. The van der Waals surface area contributed by atoms with Crippen LogP contribution in [0.3, 0.4) is 0 Å². The Hall–Kier alpha value is -1.16. The molecule has 0 radical (unpaired) electrons. The molecule has 1 heterocycles. The summed E-state index contributed by atoms with van der Waals surface area (Å²) in [6.07, 6.45) is 0. The molecule has 4 heteroatoms. The highest BCUT2D eigenvalue weighted by Gasteiger charge is 2.06. The minimum Gasteiger partial charge on any atom is -0.462 e. The molecular formula is C11H19N3O. The van der Waals surface area contributed by atoms with Gasteiger partial charge in [-0.3, -0.25) is 0 Å². The second kappa shape index (κ2) is 5.66. The van der Waals surface area contributed by atoms with E-state index in [1.54, 1.807) is 0 Å². The summed E-state index contributed by atoms with van der Waals surface area (Å²) in [6.45, 7) is 7.57. The van der Waals surface area contributed by atoms with Gasteiger partial charge in [0.1, 0.15) is 6.61 Å². The average molecular weight is 209 g/mol. The number of hydrogen-bond donors (Lipinski definition) is 1. The summed E-state index contributed by atoms with van der Waals surface area (Å²) in [4.78, 5) is 8.57. The first-order valence-electron chi connectivity index (χ1n) is 5.26. The van der Waals surface area contributed by atoms with Gasteiger partial charge in [-0.2, -0.15) is 4.98 Å². The summed E-state index contributed by atoms with van der Waals surface area (Å²) in [5, 5.41) is 3.01. The molecule has 1 N–H and O–H groups in total. The number of aryl methyl sites for hydroxylation is 1. The number of likely N-dealkylation sites (N-methyl/N-ethyl adjacent to an activating group) is 1. The van der Waals surface area contributed by atoms with E-state index in [1.165, 1.54) is 0 Å². The van der Waals surface area contributed by atoms with Gasteiger partial charge >= 0.3 is 6.01 Å². The Morgan fingerprint density at radius 2 is 2.13 bits per heavy atom. The molecule has 1 aromatic heterocycles. The van der Waals surface area contributed by atoms with Gasteiger partial charge in [0.2, 0.25) is 0 Å². The van der Waals surface area contributed by atoms with Gasteiger partial charge in [-0.1, -0.05) is 13.8 Å². The van der Waals surface area contributed by atoms with Crippen LogP contribution in [0.1, 0.15) is 31.2 Å². The molecule has 0 atom stereocenters. The third kappa shape index (κ3) is 3.83.